The molecule has 5 heteroatoms. The number of aromatic nitrogens is 1. The quantitative estimate of drug-likeness (QED) is 0.909. The summed E-state index contributed by atoms with van der Waals surface area (Å²) in [6.07, 6.45) is 2.84. The van der Waals surface area contributed by atoms with E-state index in [2.05, 4.69) is 51.7 Å². The van der Waals surface area contributed by atoms with Gasteiger partial charge < -0.3 is 10.2 Å². The number of pyridine rings is 1. The van der Waals surface area contributed by atoms with Crippen LogP contribution in [0.25, 0.3) is 0 Å². The zero-order chi connectivity index (χ0) is 16.4. The van der Waals surface area contributed by atoms with Gasteiger partial charge in [-0.15, -0.1) is 0 Å². The molecule has 0 bridgehead atoms. The number of amides is 2. The van der Waals surface area contributed by atoms with Crippen LogP contribution in [0.1, 0.15) is 26.3 Å². The summed E-state index contributed by atoms with van der Waals surface area (Å²) in [7, 11) is 0. The van der Waals surface area contributed by atoms with Gasteiger partial charge in [-0.1, -0.05) is 18.2 Å². The van der Waals surface area contributed by atoms with Crippen molar-refractivity contribution in [3.05, 3.63) is 48.2 Å². The molecule has 0 saturated carbocycles. The molecule has 0 aliphatic carbocycles. The molecule has 2 aromatic rings. The summed E-state index contributed by atoms with van der Waals surface area (Å²) in [6, 6.07) is 12.5. The Balaban J connectivity index is 1.76. The lowest BCUT2D eigenvalue weighted by Crippen LogP contribution is -2.34. The third kappa shape index (κ3) is 3.28. The Hall–Kier alpha value is -2.56. The van der Waals surface area contributed by atoms with Crippen molar-refractivity contribution in [2.24, 2.45) is 0 Å². The highest BCUT2D eigenvalue weighted by Gasteiger charge is 2.26. The van der Waals surface area contributed by atoms with E-state index >= 15 is 0 Å². The minimum atomic E-state index is -0.236. The Labute approximate surface area is 136 Å². The highest BCUT2D eigenvalue weighted by Crippen LogP contribution is 2.37. The lowest BCUT2D eigenvalue weighted by molar-refractivity contribution is 0.250. The fourth-order valence-corrected chi connectivity index (χ4v) is 2.98. The molecule has 2 heterocycles. The minimum absolute atomic E-state index is 0.0937. The summed E-state index contributed by atoms with van der Waals surface area (Å²) < 4.78 is 0. The molecular weight excluding hydrogens is 288 g/mol. The van der Waals surface area contributed by atoms with Crippen LogP contribution >= 0.6 is 0 Å². The molecular formula is C18H22N4O. The standard InChI is InChI=1S/C18H22N4O/c1-12(2)20-18(23)21-17-9-8-15(11-19-17)22-13(3)10-14-6-4-5-7-16(14)22/h4-9,11-13H,10H2,1-3H3,(H2,19,20,21,23). The maximum absolute atomic E-state index is 11.7. The summed E-state index contributed by atoms with van der Waals surface area (Å²) in [5, 5.41) is 5.52. The Morgan fingerprint density at radius 3 is 2.74 bits per heavy atom. The molecule has 0 spiro atoms. The van der Waals surface area contributed by atoms with Crippen LogP contribution in [0.3, 0.4) is 0 Å². The van der Waals surface area contributed by atoms with E-state index < -0.39 is 0 Å². The van der Waals surface area contributed by atoms with Crippen LogP contribution in [0.5, 0.6) is 0 Å². The van der Waals surface area contributed by atoms with Gasteiger partial charge in [0, 0.05) is 17.8 Å². The lowest BCUT2D eigenvalue weighted by atomic mass is 10.1. The maximum atomic E-state index is 11.7. The highest BCUT2D eigenvalue weighted by atomic mass is 16.2. The average Bonchev–Trinajstić information content (AvgIpc) is 2.83. The molecule has 1 atom stereocenters. The van der Waals surface area contributed by atoms with Gasteiger partial charge in [-0.25, -0.2) is 9.78 Å². The van der Waals surface area contributed by atoms with Crippen molar-refractivity contribution in [2.45, 2.75) is 39.3 Å². The Morgan fingerprint density at radius 2 is 2.04 bits per heavy atom. The largest absolute Gasteiger partial charge is 0.337 e. The van der Waals surface area contributed by atoms with Gasteiger partial charge in [0.2, 0.25) is 0 Å². The first-order valence-corrected chi connectivity index (χ1v) is 7.95. The van der Waals surface area contributed by atoms with Crippen molar-refractivity contribution in [1.82, 2.24) is 10.3 Å². The molecule has 120 valence electrons. The van der Waals surface area contributed by atoms with Crippen molar-refractivity contribution >= 4 is 23.2 Å². The first-order chi connectivity index (χ1) is 11.0. The van der Waals surface area contributed by atoms with E-state index in [0.29, 0.717) is 11.9 Å². The number of anilines is 3. The van der Waals surface area contributed by atoms with Crippen molar-refractivity contribution in [2.75, 3.05) is 10.2 Å². The average molecular weight is 310 g/mol. The molecule has 0 fully saturated rings. The fourth-order valence-electron chi connectivity index (χ4n) is 2.98. The molecule has 1 unspecified atom stereocenters. The zero-order valence-electron chi connectivity index (χ0n) is 13.7. The van der Waals surface area contributed by atoms with E-state index in [4.69, 9.17) is 0 Å². The zero-order valence-corrected chi connectivity index (χ0v) is 13.7. The van der Waals surface area contributed by atoms with Gasteiger partial charge in [0.25, 0.3) is 0 Å². The monoisotopic (exact) mass is 310 g/mol. The number of carbonyl (C=O) groups is 1. The van der Waals surface area contributed by atoms with Crippen LogP contribution in [0.15, 0.2) is 42.6 Å². The number of para-hydroxylation sites is 1. The van der Waals surface area contributed by atoms with Gasteiger partial charge in [0.05, 0.1) is 11.9 Å². The number of rotatable bonds is 3. The van der Waals surface area contributed by atoms with E-state index in [-0.39, 0.29) is 12.1 Å². The summed E-state index contributed by atoms with van der Waals surface area (Å²) in [5.41, 5.74) is 3.64. The van der Waals surface area contributed by atoms with Gasteiger partial charge in [0.1, 0.15) is 5.82 Å². The van der Waals surface area contributed by atoms with Crippen molar-refractivity contribution < 1.29 is 4.79 Å². The van der Waals surface area contributed by atoms with Crippen LogP contribution in [0, 0.1) is 0 Å². The van der Waals surface area contributed by atoms with Crippen molar-refractivity contribution in [3.63, 3.8) is 0 Å². The second-order valence-corrected chi connectivity index (χ2v) is 6.21. The number of benzene rings is 1. The summed E-state index contributed by atoms with van der Waals surface area (Å²) in [5.74, 6) is 0.548. The second-order valence-electron chi connectivity index (χ2n) is 6.21. The van der Waals surface area contributed by atoms with Gasteiger partial charge >= 0.3 is 6.03 Å². The van der Waals surface area contributed by atoms with Crippen molar-refractivity contribution in [1.29, 1.82) is 0 Å². The van der Waals surface area contributed by atoms with Crippen LogP contribution in [-0.2, 0) is 6.42 Å². The Bertz CT molecular complexity index is 696. The first-order valence-electron chi connectivity index (χ1n) is 7.95. The van der Waals surface area contributed by atoms with Gasteiger partial charge in [-0.2, -0.15) is 0 Å². The number of nitrogens with zero attached hydrogens (tertiary/aromatic N) is 2. The van der Waals surface area contributed by atoms with E-state index in [1.807, 2.05) is 32.2 Å². The molecule has 1 aromatic heterocycles. The van der Waals surface area contributed by atoms with E-state index in [1.54, 1.807) is 0 Å². The van der Waals surface area contributed by atoms with Gasteiger partial charge in [-0.05, 0) is 51.0 Å². The number of carbonyl (C=O) groups excluding carboxylic acids is 1. The predicted octanol–water partition coefficient (Wildman–Crippen LogP) is 3.69. The molecule has 1 aliphatic heterocycles. The predicted molar refractivity (Wildman–Crippen MR) is 93.3 cm³/mol. The van der Waals surface area contributed by atoms with E-state index in [9.17, 15) is 4.79 Å². The smallest absolute Gasteiger partial charge is 0.320 e. The Kier molecular flexibility index (Phi) is 4.19. The SMILES string of the molecule is CC(C)NC(=O)Nc1ccc(N2c3ccccc3CC2C)cn1. The normalized spacial score (nSPS) is 16.3. The van der Waals surface area contributed by atoms with E-state index in [1.165, 1.54) is 11.3 Å². The Morgan fingerprint density at radius 1 is 1.26 bits per heavy atom. The lowest BCUT2D eigenvalue weighted by Gasteiger charge is -2.24. The number of hydrogen-bond donors (Lipinski definition) is 2. The molecule has 3 rings (SSSR count). The summed E-state index contributed by atoms with van der Waals surface area (Å²) in [6.45, 7) is 6.05. The highest BCUT2D eigenvalue weighted by molar-refractivity contribution is 5.88. The van der Waals surface area contributed by atoms with Crippen LogP contribution in [-0.4, -0.2) is 23.1 Å². The second kappa shape index (κ2) is 6.28. The number of urea groups is 1. The van der Waals surface area contributed by atoms with Crippen LogP contribution < -0.4 is 15.5 Å². The van der Waals surface area contributed by atoms with Gasteiger partial charge in [0.15, 0.2) is 0 Å². The number of fused-ring (bicyclic) bond motifs is 1. The molecule has 5 nitrogen and oxygen atoms in total. The summed E-state index contributed by atoms with van der Waals surface area (Å²) in [4.78, 5) is 18.4. The third-order valence-corrected chi connectivity index (χ3v) is 3.89. The van der Waals surface area contributed by atoms with E-state index in [0.717, 1.165) is 12.1 Å². The van der Waals surface area contributed by atoms with Gasteiger partial charge in [-0.3, -0.25) is 5.32 Å². The molecule has 1 aliphatic rings. The molecule has 2 amide bonds. The molecule has 0 radical (unpaired) electrons. The topological polar surface area (TPSA) is 57.3 Å². The molecule has 23 heavy (non-hydrogen) atoms. The van der Waals surface area contributed by atoms with Crippen LogP contribution in [0.2, 0.25) is 0 Å². The van der Waals surface area contributed by atoms with Crippen molar-refractivity contribution in [3.8, 4) is 0 Å². The number of nitrogens with one attached hydrogen (secondary N) is 2. The molecule has 1 aromatic carbocycles. The first kappa shape index (κ1) is 15.3. The van der Waals surface area contributed by atoms with Crippen LogP contribution in [0.4, 0.5) is 22.0 Å². The third-order valence-electron chi connectivity index (χ3n) is 3.89. The fraction of sp³-hybridized carbons (Fsp3) is 0.333. The minimum Gasteiger partial charge on any atom is -0.337 e. The maximum Gasteiger partial charge on any atom is 0.320 e. The molecule has 2 N–H and O–H groups in total. The summed E-state index contributed by atoms with van der Waals surface area (Å²) >= 11 is 0. The number of hydrogen-bond acceptors (Lipinski definition) is 3. The molecule has 0 saturated heterocycles.